The van der Waals surface area contributed by atoms with Crippen LogP contribution < -0.4 is 22.3 Å². The van der Waals surface area contributed by atoms with Crippen LogP contribution in [0.1, 0.15) is 44.9 Å². The average molecular weight is 458 g/mol. The molecule has 2 amide bonds. The Morgan fingerprint density at radius 2 is 1.85 bits per heavy atom. The van der Waals surface area contributed by atoms with Crippen molar-refractivity contribution in [2.24, 2.45) is 5.73 Å². The fourth-order valence-electron chi connectivity index (χ4n) is 3.55. The van der Waals surface area contributed by atoms with Gasteiger partial charge in [-0.1, -0.05) is 30.3 Å². The molecule has 0 aliphatic heterocycles. The van der Waals surface area contributed by atoms with Crippen molar-refractivity contribution in [3.05, 3.63) is 110 Å². The SMILES string of the molecule is CC(NC(=O)c1cc(=O)[nH]c(=O)[nH]1)c1cccc(-c2cnn(Cc3cccc(C(N)=O)c3)c2)c1. The van der Waals surface area contributed by atoms with E-state index in [1.807, 2.05) is 41.5 Å². The van der Waals surface area contributed by atoms with E-state index in [4.69, 9.17) is 5.73 Å². The molecule has 0 bridgehead atoms. The normalized spacial score (nSPS) is 11.7. The largest absolute Gasteiger partial charge is 0.366 e. The van der Waals surface area contributed by atoms with Crippen LogP contribution in [0.3, 0.4) is 0 Å². The number of hydrogen-bond acceptors (Lipinski definition) is 5. The van der Waals surface area contributed by atoms with Crippen LogP contribution >= 0.6 is 0 Å². The number of benzene rings is 2. The number of aromatic nitrogens is 4. The molecule has 10 nitrogen and oxygen atoms in total. The van der Waals surface area contributed by atoms with Crippen LogP contribution in [-0.2, 0) is 6.54 Å². The molecule has 4 aromatic rings. The monoisotopic (exact) mass is 458 g/mol. The number of amides is 2. The first kappa shape index (κ1) is 22.5. The number of primary amides is 1. The summed E-state index contributed by atoms with van der Waals surface area (Å²) in [5.41, 5.74) is 7.80. The molecule has 0 fully saturated rings. The summed E-state index contributed by atoms with van der Waals surface area (Å²) in [4.78, 5) is 51.1. The molecule has 34 heavy (non-hydrogen) atoms. The second-order valence-corrected chi connectivity index (χ2v) is 7.81. The molecule has 0 aliphatic carbocycles. The summed E-state index contributed by atoms with van der Waals surface area (Å²) in [6, 6.07) is 15.3. The summed E-state index contributed by atoms with van der Waals surface area (Å²) in [7, 11) is 0. The molecule has 2 aromatic heterocycles. The first-order valence-electron chi connectivity index (χ1n) is 10.4. The molecule has 4 rings (SSSR count). The maximum atomic E-state index is 12.5. The second-order valence-electron chi connectivity index (χ2n) is 7.81. The molecular weight excluding hydrogens is 436 g/mol. The van der Waals surface area contributed by atoms with Gasteiger partial charge < -0.3 is 16.0 Å². The maximum absolute atomic E-state index is 12.5. The molecule has 2 heterocycles. The first-order valence-corrected chi connectivity index (χ1v) is 10.4. The minimum Gasteiger partial charge on any atom is -0.366 e. The predicted octanol–water partition coefficient (Wildman–Crippen LogP) is 1.56. The van der Waals surface area contributed by atoms with Gasteiger partial charge in [0.1, 0.15) is 5.69 Å². The van der Waals surface area contributed by atoms with Crippen LogP contribution in [0.2, 0.25) is 0 Å². The highest BCUT2D eigenvalue weighted by Gasteiger charge is 2.14. The van der Waals surface area contributed by atoms with Gasteiger partial charge >= 0.3 is 5.69 Å². The molecular formula is C24H22N6O4. The van der Waals surface area contributed by atoms with Crippen molar-refractivity contribution in [2.45, 2.75) is 19.5 Å². The average Bonchev–Trinajstić information content (AvgIpc) is 3.27. The van der Waals surface area contributed by atoms with Gasteiger partial charge in [-0.2, -0.15) is 5.10 Å². The van der Waals surface area contributed by atoms with Gasteiger partial charge in [0.05, 0.1) is 18.8 Å². The zero-order valence-corrected chi connectivity index (χ0v) is 18.2. The van der Waals surface area contributed by atoms with E-state index in [0.717, 1.165) is 28.3 Å². The zero-order chi connectivity index (χ0) is 24.2. The van der Waals surface area contributed by atoms with Gasteiger partial charge in [0.15, 0.2) is 0 Å². The van der Waals surface area contributed by atoms with E-state index >= 15 is 0 Å². The number of carbonyl (C=O) groups is 2. The number of H-pyrrole nitrogens is 2. The van der Waals surface area contributed by atoms with E-state index in [1.54, 1.807) is 36.0 Å². The fourth-order valence-corrected chi connectivity index (χ4v) is 3.55. The molecule has 0 spiro atoms. The Morgan fingerprint density at radius 1 is 1.06 bits per heavy atom. The number of nitrogens with zero attached hydrogens (tertiary/aromatic N) is 2. The van der Waals surface area contributed by atoms with Gasteiger partial charge in [0.25, 0.3) is 11.5 Å². The van der Waals surface area contributed by atoms with E-state index in [-0.39, 0.29) is 11.7 Å². The summed E-state index contributed by atoms with van der Waals surface area (Å²) in [5, 5.41) is 7.18. The molecule has 5 N–H and O–H groups in total. The van der Waals surface area contributed by atoms with Crippen LogP contribution in [0, 0.1) is 0 Å². The number of nitrogens with two attached hydrogens (primary N) is 1. The summed E-state index contributed by atoms with van der Waals surface area (Å²) in [5.74, 6) is -1.04. The number of aromatic amines is 2. The van der Waals surface area contributed by atoms with Crippen molar-refractivity contribution >= 4 is 11.8 Å². The highest BCUT2D eigenvalue weighted by molar-refractivity contribution is 5.93. The molecule has 172 valence electrons. The third-order valence-electron chi connectivity index (χ3n) is 5.26. The predicted molar refractivity (Wildman–Crippen MR) is 125 cm³/mol. The number of rotatable bonds is 7. The van der Waals surface area contributed by atoms with Gasteiger partial charge in [-0.05, 0) is 41.8 Å². The number of nitrogens with one attached hydrogen (secondary N) is 3. The van der Waals surface area contributed by atoms with Gasteiger partial charge in [-0.15, -0.1) is 0 Å². The molecule has 2 aromatic carbocycles. The minimum absolute atomic E-state index is 0.113. The van der Waals surface area contributed by atoms with E-state index in [0.29, 0.717) is 12.1 Å². The van der Waals surface area contributed by atoms with E-state index in [2.05, 4.69) is 15.4 Å². The van der Waals surface area contributed by atoms with Crippen molar-refractivity contribution in [3.63, 3.8) is 0 Å². The van der Waals surface area contributed by atoms with E-state index < -0.39 is 23.1 Å². The van der Waals surface area contributed by atoms with Gasteiger partial charge in [-0.25, -0.2) is 4.79 Å². The summed E-state index contributed by atoms with van der Waals surface area (Å²) >= 11 is 0. The molecule has 0 saturated carbocycles. The standard InChI is InChI=1S/C24H22N6O4/c1-14(27-23(33)20-10-21(31)29-24(34)28-20)16-5-3-6-17(9-16)19-11-26-30(13-19)12-15-4-2-7-18(8-15)22(25)32/h2-11,13-14H,12H2,1H3,(H2,25,32)(H,27,33)(H2,28,29,31,34). The van der Waals surface area contributed by atoms with Crippen LogP contribution in [0.25, 0.3) is 11.1 Å². The number of hydrogen-bond donors (Lipinski definition) is 4. The van der Waals surface area contributed by atoms with Crippen molar-refractivity contribution in [2.75, 3.05) is 0 Å². The van der Waals surface area contributed by atoms with Crippen LogP contribution in [0.4, 0.5) is 0 Å². The second kappa shape index (κ2) is 9.41. The topological polar surface area (TPSA) is 156 Å². The zero-order valence-electron chi connectivity index (χ0n) is 18.2. The molecule has 1 atom stereocenters. The van der Waals surface area contributed by atoms with Crippen molar-refractivity contribution in [3.8, 4) is 11.1 Å². The summed E-state index contributed by atoms with van der Waals surface area (Å²) in [6.07, 6.45) is 3.63. The summed E-state index contributed by atoms with van der Waals surface area (Å²) in [6.45, 7) is 2.28. The Kier molecular flexibility index (Phi) is 6.22. The highest BCUT2D eigenvalue weighted by Crippen LogP contribution is 2.23. The van der Waals surface area contributed by atoms with Gasteiger partial charge in [0, 0.05) is 23.4 Å². The third-order valence-corrected chi connectivity index (χ3v) is 5.26. The molecule has 1 unspecified atom stereocenters. The Hall–Kier alpha value is -4.73. The molecule has 0 saturated heterocycles. The smallest absolute Gasteiger partial charge is 0.326 e. The Bertz CT molecular complexity index is 1450. The quantitative estimate of drug-likeness (QED) is 0.331. The van der Waals surface area contributed by atoms with E-state index in [9.17, 15) is 19.2 Å². The van der Waals surface area contributed by atoms with Crippen molar-refractivity contribution < 1.29 is 9.59 Å². The third kappa shape index (κ3) is 5.18. The van der Waals surface area contributed by atoms with Crippen LogP contribution in [-0.4, -0.2) is 31.6 Å². The molecule has 10 heteroatoms. The van der Waals surface area contributed by atoms with Gasteiger partial charge in [-0.3, -0.25) is 24.0 Å². The Labute approximate surface area is 193 Å². The van der Waals surface area contributed by atoms with Crippen LogP contribution in [0.15, 0.2) is 76.6 Å². The van der Waals surface area contributed by atoms with Crippen LogP contribution in [0.5, 0.6) is 0 Å². The van der Waals surface area contributed by atoms with E-state index in [1.165, 1.54) is 0 Å². The first-order chi connectivity index (χ1) is 16.3. The van der Waals surface area contributed by atoms with Gasteiger partial charge in [0.2, 0.25) is 5.91 Å². The Balaban J connectivity index is 1.49. The number of carbonyl (C=O) groups excluding carboxylic acids is 2. The summed E-state index contributed by atoms with van der Waals surface area (Å²) < 4.78 is 1.76. The lowest BCUT2D eigenvalue weighted by Crippen LogP contribution is -2.32. The molecule has 0 radical (unpaired) electrons. The fraction of sp³-hybridized carbons (Fsp3) is 0.125. The maximum Gasteiger partial charge on any atom is 0.326 e. The lowest BCUT2D eigenvalue weighted by molar-refractivity contribution is 0.0933. The Morgan fingerprint density at radius 3 is 2.62 bits per heavy atom. The highest BCUT2D eigenvalue weighted by atomic mass is 16.2. The lowest BCUT2D eigenvalue weighted by atomic mass is 10.0. The van der Waals surface area contributed by atoms with Crippen molar-refractivity contribution in [1.29, 1.82) is 0 Å². The molecule has 0 aliphatic rings. The minimum atomic E-state index is -0.745. The van der Waals surface area contributed by atoms with Crippen molar-refractivity contribution in [1.82, 2.24) is 25.1 Å². The lowest BCUT2D eigenvalue weighted by Gasteiger charge is -2.15.